The summed E-state index contributed by atoms with van der Waals surface area (Å²) >= 11 is 0. The Morgan fingerprint density at radius 3 is 2.40 bits per heavy atom. The molecule has 1 aliphatic carbocycles. The maximum absolute atomic E-state index is 9.45. The molecule has 1 aliphatic heterocycles. The Bertz CT molecular complexity index is 527. The van der Waals surface area contributed by atoms with Crippen LogP contribution in [0.1, 0.15) is 38.3 Å². The predicted molar refractivity (Wildman–Crippen MR) is 104 cm³/mol. The summed E-state index contributed by atoms with van der Waals surface area (Å²) in [5, 5.41) is 22.5. The number of aromatic nitrogens is 2. The van der Waals surface area contributed by atoms with Gasteiger partial charge < -0.3 is 15.5 Å². The van der Waals surface area contributed by atoms with Crippen LogP contribution in [0.25, 0.3) is 0 Å². The van der Waals surface area contributed by atoms with E-state index in [0.29, 0.717) is 17.8 Å². The number of halogens is 2. The molecule has 0 aromatic carbocycles. The average molecular weight is 393 g/mol. The van der Waals surface area contributed by atoms with Gasteiger partial charge in [-0.1, -0.05) is 13.8 Å². The molecule has 3 rings (SSSR count). The summed E-state index contributed by atoms with van der Waals surface area (Å²) in [5.74, 6) is 2.51. The van der Waals surface area contributed by atoms with E-state index in [1.165, 1.54) is 12.8 Å². The number of rotatable bonds is 7. The van der Waals surface area contributed by atoms with Crippen LogP contribution in [0.4, 0.5) is 5.82 Å². The lowest BCUT2D eigenvalue weighted by Crippen LogP contribution is -2.40. The lowest BCUT2D eigenvalue weighted by atomic mass is 9.91. The van der Waals surface area contributed by atoms with Gasteiger partial charge >= 0.3 is 0 Å². The normalized spacial score (nSPS) is 23.4. The van der Waals surface area contributed by atoms with Crippen LogP contribution in [0.15, 0.2) is 12.4 Å². The van der Waals surface area contributed by atoms with Crippen LogP contribution in [-0.2, 0) is 0 Å². The van der Waals surface area contributed by atoms with E-state index in [9.17, 15) is 10.2 Å². The molecule has 0 spiro atoms. The van der Waals surface area contributed by atoms with Gasteiger partial charge in [-0.2, -0.15) is 0 Å². The Morgan fingerprint density at radius 1 is 1.16 bits per heavy atom. The highest BCUT2D eigenvalue weighted by atomic mass is 35.5. The van der Waals surface area contributed by atoms with Crippen molar-refractivity contribution in [3.05, 3.63) is 18.1 Å². The number of aliphatic hydroxyl groups is 2. The Labute approximate surface area is 162 Å². The van der Waals surface area contributed by atoms with Crippen LogP contribution in [0.3, 0.4) is 0 Å². The summed E-state index contributed by atoms with van der Waals surface area (Å²) < 4.78 is 0. The zero-order valence-electron chi connectivity index (χ0n) is 14.8. The second kappa shape index (κ2) is 9.88. The highest BCUT2D eigenvalue weighted by Gasteiger charge is 2.37. The van der Waals surface area contributed by atoms with E-state index in [1.807, 2.05) is 0 Å². The molecule has 8 heteroatoms. The Balaban J connectivity index is 0.00000156. The molecule has 144 valence electrons. The third kappa shape index (κ3) is 5.41. The Hall–Kier alpha value is -0.660. The number of likely N-dealkylation sites (tertiary alicyclic amines) is 1. The molecule has 2 atom stereocenters. The zero-order valence-corrected chi connectivity index (χ0v) is 16.5. The molecule has 1 aromatic rings. The fraction of sp³-hybridized carbons (Fsp3) is 0.765. The fourth-order valence-electron chi connectivity index (χ4n) is 3.52. The summed E-state index contributed by atoms with van der Waals surface area (Å²) in [4.78, 5) is 10.9. The van der Waals surface area contributed by atoms with E-state index in [0.717, 1.165) is 24.6 Å². The highest BCUT2D eigenvalue weighted by Crippen LogP contribution is 2.39. The number of hydrogen-bond donors (Lipinski definition) is 3. The van der Waals surface area contributed by atoms with Gasteiger partial charge in [0.15, 0.2) is 0 Å². The topological polar surface area (TPSA) is 81.5 Å². The first-order valence-electron chi connectivity index (χ1n) is 8.66. The van der Waals surface area contributed by atoms with Gasteiger partial charge in [0.05, 0.1) is 19.3 Å². The molecule has 2 aliphatic rings. The van der Waals surface area contributed by atoms with Crippen molar-refractivity contribution < 1.29 is 10.2 Å². The summed E-state index contributed by atoms with van der Waals surface area (Å²) in [6.45, 7) is 6.15. The molecular formula is C17H30Cl2N4O2. The summed E-state index contributed by atoms with van der Waals surface area (Å²) in [6.07, 6.45) is 4.12. The minimum atomic E-state index is -0.171. The molecule has 2 fully saturated rings. The van der Waals surface area contributed by atoms with E-state index >= 15 is 0 Å². The minimum absolute atomic E-state index is 0. The molecule has 0 radical (unpaired) electrons. The van der Waals surface area contributed by atoms with Crippen molar-refractivity contribution in [3.63, 3.8) is 0 Å². The molecule has 6 nitrogen and oxygen atoms in total. The van der Waals surface area contributed by atoms with Crippen molar-refractivity contribution >= 4 is 30.6 Å². The van der Waals surface area contributed by atoms with Crippen molar-refractivity contribution in [2.24, 2.45) is 11.8 Å². The van der Waals surface area contributed by atoms with Crippen molar-refractivity contribution in [1.29, 1.82) is 0 Å². The van der Waals surface area contributed by atoms with Gasteiger partial charge in [-0.15, -0.1) is 24.8 Å². The lowest BCUT2D eigenvalue weighted by molar-refractivity contribution is 0.0862. The quantitative estimate of drug-likeness (QED) is 0.657. The molecule has 1 saturated carbocycles. The van der Waals surface area contributed by atoms with Crippen molar-refractivity contribution in [2.45, 2.75) is 44.7 Å². The van der Waals surface area contributed by atoms with Crippen LogP contribution in [0.2, 0.25) is 0 Å². The van der Waals surface area contributed by atoms with E-state index in [-0.39, 0.29) is 50.1 Å². The Morgan fingerprint density at radius 2 is 1.84 bits per heavy atom. The summed E-state index contributed by atoms with van der Waals surface area (Å²) in [5.41, 5.74) is 1.14. The second-order valence-electron chi connectivity index (χ2n) is 7.23. The monoisotopic (exact) mass is 392 g/mol. The van der Waals surface area contributed by atoms with Crippen LogP contribution in [-0.4, -0.2) is 63.5 Å². The van der Waals surface area contributed by atoms with Crippen LogP contribution >= 0.6 is 24.8 Å². The van der Waals surface area contributed by atoms with Crippen LogP contribution < -0.4 is 5.32 Å². The molecule has 1 aromatic heterocycles. The SMILES string of the molecule is CC(C)[C@H]1CN(C(CO)CO)C[C@@H]1Nc1cc(C2CC2)ncn1.Cl.Cl. The van der Waals surface area contributed by atoms with Crippen molar-refractivity contribution in [3.8, 4) is 0 Å². The largest absolute Gasteiger partial charge is 0.395 e. The van der Waals surface area contributed by atoms with Crippen LogP contribution in [0.5, 0.6) is 0 Å². The Kier molecular flexibility index (Phi) is 8.84. The first-order valence-corrected chi connectivity index (χ1v) is 8.66. The minimum Gasteiger partial charge on any atom is -0.395 e. The van der Waals surface area contributed by atoms with E-state index in [1.54, 1.807) is 6.33 Å². The highest BCUT2D eigenvalue weighted by molar-refractivity contribution is 5.85. The molecule has 0 bridgehead atoms. The molecule has 2 heterocycles. The fourth-order valence-corrected chi connectivity index (χ4v) is 3.52. The molecule has 0 amide bonds. The maximum Gasteiger partial charge on any atom is 0.129 e. The molecule has 0 unspecified atom stereocenters. The number of nitrogens with zero attached hydrogens (tertiary/aromatic N) is 3. The van der Waals surface area contributed by atoms with E-state index in [4.69, 9.17) is 0 Å². The third-order valence-corrected chi connectivity index (χ3v) is 5.20. The van der Waals surface area contributed by atoms with Gasteiger partial charge in [0.1, 0.15) is 12.1 Å². The van der Waals surface area contributed by atoms with Gasteiger partial charge in [0.2, 0.25) is 0 Å². The van der Waals surface area contributed by atoms with Gasteiger partial charge in [-0.3, -0.25) is 4.90 Å². The van der Waals surface area contributed by atoms with Gasteiger partial charge in [-0.05, 0) is 24.7 Å². The van der Waals surface area contributed by atoms with Crippen molar-refractivity contribution in [1.82, 2.24) is 14.9 Å². The van der Waals surface area contributed by atoms with Gasteiger partial charge in [0, 0.05) is 36.8 Å². The standard InChI is InChI=1S/C17H28N4O2.2ClH/c1-11(2)14-6-21(13(8-22)9-23)7-16(14)20-17-5-15(12-3-4-12)18-10-19-17;;/h5,10-14,16,22-23H,3-4,6-9H2,1-2H3,(H,18,19,20);2*1H/t14-,16+;;/m1../s1. The second-order valence-corrected chi connectivity index (χ2v) is 7.23. The van der Waals surface area contributed by atoms with Crippen LogP contribution in [0, 0.1) is 11.8 Å². The molecule has 1 saturated heterocycles. The molecular weight excluding hydrogens is 363 g/mol. The van der Waals surface area contributed by atoms with Gasteiger partial charge in [0.25, 0.3) is 0 Å². The van der Waals surface area contributed by atoms with E-state index < -0.39 is 0 Å². The predicted octanol–water partition coefficient (Wildman–Crippen LogP) is 1.92. The first-order chi connectivity index (χ1) is 11.1. The van der Waals surface area contributed by atoms with Gasteiger partial charge in [-0.25, -0.2) is 9.97 Å². The molecule has 3 N–H and O–H groups in total. The smallest absolute Gasteiger partial charge is 0.129 e. The lowest BCUT2D eigenvalue weighted by Gasteiger charge is -2.24. The number of nitrogens with one attached hydrogen (secondary N) is 1. The molecule has 25 heavy (non-hydrogen) atoms. The first kappa shape index (κ1) is 22.4. The third-order valence-electron chi connectivity index (χ3n) is 5.20. The number of aliphatic hydroxyl groups excluding tert-OH is 2. The number of hydrogen-bond acceptors (Lipinski definition) is 6. The average Bonchev–Trinajstić information content (AvgIpc) is 3.31. The zero-order chi connectivity index (χ0) is 16.4. The van der Waals surface area contributed by atoms with E-state index in [2.05, 4.69) is 40.1 Å². The maximum atomic E-state index is 9.45. The van der Waals surface area contributed by atoms with Crippen molar-refractivity contribution in [2.75, 3.05) is 31.6 Å². The summed E-state index contributed by atoms with van der Waals surface area (Å²) in [6, 6.07) is 2.18. The number of anilines is 1. The summed E-state index contributed by atoms with van der Waals surface area (Å²) in [7, 11) is 0.